The molecule has 1 aliphatic carbocycles. The number of para-hydroxylation sites is 1. The molecule has 1 aromatic heterocycles. The van der Waals surface area contributed by atoms with Gasteiger partial charge in [-0.2, -0.15) is 0 Å². The van der Waals surface area contributed by atoms with Crippen LogP contribution in [0.15, 0.2) is 164 Å². The van der Waals surface area contributed by atoms with E-state index in [0.717, 1.165) is 0 Å². The van der Waals surface area contributed by atoms with Crippen molar-refractivity contribution in [1.82, 2.24) is 4.57 Å². The van der Waals surface area contributed by atoms with Gasteiger partial charge in [-0.1, -0.05) is 153 Å². The van der Waals surface area contributed by atoms with Crippen LogP contribution in [0, 0.1) is 0 Å². The van der Waals surface area contributed by atoms with Gasteiger partial charge in [-0.25, -0.2) is 0 Å². The number of fused-ring (bicyclic) bond motifs is 10. The first-order valence-corrected chi connectivity index (χ1v) is 16.1. The fraction of sp³-hybridized carbons (Fsp3) is 0.0667. The molecule has 7 aromatic carbocycles. The van der Waals surface area contributed by atoms with Crippen LogP contribution in [0.1, 0.15) is 25.0 Å². The van der Waals surface area contributed by atoms with Crippen molar-refractivity contribution in [2.24, 2.45) is 0 Å². The van der Waals surface area contributed by atoms with Gasteiger partial charge < -0.3 is 4.57 Å². The van der Waals surface area contributed by atoms with Crippen LogP contribution in [0.25, 0.3) is 71.3 Å². The molecule has 0 atom stereocenters. The number of rotatable bonds is 2. The smallest absolute Gasteiger partial charge is 0.0543 e. The minimum absolute atomic E-state index is 0.0969. The molecule has 8 aromatic rings. The summed E-state index contributed by atoms with van der Waals surface area (Å²) in [6.45, 7) is 4.72. The van der Waals surface area contributed by atoms with Gasteiger partial charge >= 0.3 is 0 Å². The zero-order chi connectivity index (χ0) is 30.8. The van der Waals surface area contributed by atoms with Crippen molar-refractivity contribution in [2.75, 3.05) is 0 Å². The van der Waals surface area contributed by atoms with Crippen molar-refractivity contribution in [3.63, 3.8) is 0 Å². The summed E-state index contributed by atoms with van der Waals surface area (Å²) in [6.07, 6.45) is 0. The summed E-state index contributed by atoms with van der Waals surface area (Å²) in [7, 11) is 0. The minimum atomic E-state index is -0.0969. The monoisotopic (exact) mass is 587 g/mol. The van der Waals surface area contributed by atoms with Crippen LogP contribution in [-0.2, 0) is 5.41 Å². The maximum Gasteiger partial charge on any atom is 0.0543 e. The third-order valence-electron chi connectivity index (χ3n) is 10.0. The summed E-state index contributed by atoms with van der Waals surface area (Å²) in [4.78, 5) is 0. The zero-order valence-corrected chi connectivity index (χ0v) is 26.0. The van der Waals surface area contributed by atoms with E-state index in [9.17, 15) is 0 Å². The molecule has 46 heavy (non-hydrogen) atoms. The lowest BCUT2D eigenvalue weighted by molar-refractivity contribution is 0.660. The van der Waals surface area contributed by atoms with Crippen molar-refractivity contribution in [3.8, 4) is 27.9 Å². The summed E-state index contributed by atoms with van der Waals surface area (Å²) < 4.78 is 2.54. The number of benzene rings is 7. The highest BCUT2D eigenvalue weighted by Gasteiger charge is 2.36. The van der Waals surface area contributed by atoms with E-state index < -0.39 is 0 Å². The molecule has 0 radical (unpaired) electrons. The maximum absolute atomic E-state index is 2.54. The molecule has 0 fully saturated rings. The van der Waals surface area contributed by atoms with E-state index in [4.69, 9.17) is 0 Å². The molecule has 0 saturated carbocycles. The number of nitrogens with zero attached hydrogens (tertiary/aromatic N) is 1. The lowest BCUT2D eigenvalue weighted by Crippen LogP contribution is -2.15. The van der Waals surface area contributed by atoms with Crippen molar-refractivity contribution in [2.45, 2.75) is 19.3 Å². The lowest BCUT2D eigenvalue weighted by Gasteiger charge is -2.22. The molecule has 1 aliphatic rings. The Hall–Kier alpha value is -5.66. The average Bonchev–Trinajstić information content (AvgIpc) is 3.37. The Labute approximate surface area is 269 Å². The van der Waals surface area contributed by atoms with Crippen LogP contribution in [0.2, 0.25) is 0 Å². The predicted octanol–water partition coefficient (Wildman–Crippen LogP) is 12.2. The Morgan fingerprint density at radius 1 is 0.391 bits per heavy atom. The molecule has 0 N–H and O–H groups in total. The van der Waals surface area contributed by atoms with E-state index in [1.165, 1.54) is 82.4 Å². The van der Waals surface area contributed by atoms with Crippen molar-refractivity contribution < 1.29 is 0 Å². The van der Waals surface area contributed by atoms with Gasteiger partial charge in [-0.15, -0.1) is 0 Å². The van der Waals surface area contributed by atoms with Crippen LogP contribution in [-0.4, -0.2) is 4.57 Å². The van der Waals surface area contributed by atoms with Crippen LogP contribution in [0.3, 0.4) is 0 Å². The molecular weight excluding hydrogens is 555 g/mol. The second-order valence-electron chi connectivity index (χ2n) is 12.9. The van der Waals surface area contributed by atoms with E-state index in [1.807, 2.05) is 0 Å². The summed E-state index contributed by atoms with van der Waals surface area (Å²) in [5.74, 6) is 0. The van der Waals surface area contributed by atoms with Gasteiger partial charge in [0.2, 0.25) is 0 Å². The topological polar surface area (TPSA) is 4.93 Å². The van der Waals surface area contributed by atoms with Crippen molar-refractivity contribution >= 4 is 43.4 Å². The Kier molecular flexibility index (Phi) is 5.92. The average molecular weight is 588 g/mol. The van der Waals surface area contributed by atoms with Gasteiger partial charge in [0, 0.05) is 21.8 Å². The standard InChI is InChI=1S/C45H33N/c1-45(2)39-23-12-10-22-37(39)44-40(45)24-14-26-43(44)46-41-25-13-11-21-36(41)34-19-8-6-17-32(34)33-18-7-9-20-35(33)38-29-31(27-28-42(38)46)30-15-4-3-5-16-30/h3-29H,1-2H3. The van der Waals surface area contributed by atoms with Crippen LogP contribution >= 0.6 is 0 Å². The summed E-state index contributed by atoms with van der Waals surface area (Å²) >= 11 is 0. The second kappa shape index (κ2) is 10.2. The molecule has 1 heteroatoms. The van der Waals surface area contributed by atoms with Gasteiger partial charge in [-0.05, 0) is 73.6 Å². The van der Waals surface area contributed by atoms with Gasteiger partial charge in [-0.3, -0.25) is 0 Å². The summed E-state index contributed by atoms with van der Waals surface area (Å²) in [5, 5.41) is 7.38. The predicted molar refractivity (Wildman–Crippen MR) is 196 cm³/mol. The quantitative estimate of drug-likeness (QED) is 0.190. The third kappa shape index (κ3) is 3.88. The fourth-order valence-corrected chi connectivity index (χ4v) is 7.87. The number of aromatic nitrogens is 1. The molecule has 0 saturated heterocycles. The van der Waals surface area contributed by atoms with Crippen molar-refractivity contribution in [1.29, 1.82) is 0 Å². The lowest BCUT2D eigenvalue weighted by atomic mass is 9.82. The molecule has 1 heterocycles. The fourth-order valence-electron chi connectivity index (χ4n) is 7.87. The zero-order valence-electron chi connectivity index (χ0n) is 26.0. The Morgan fingerprint density at radius 3 is 1.67 bits per heavy atom. The summed E-state index contributed by atoms with van der Waals surface area (Å²) in [6, 6.07) is 60.4. The molecule has 0 bridgehead atoms. The van der Waals surface area contributed by atoms with Crippen LogP contribution in [0.4, 0.5) is 0 Å². The minimum Gasteiger partial charge on any atom is -0.309 e. The molecule has 0 amide bonds. The number of hydrogen-bond donors (Lipinski definition) is 0. The highest BCUT2D eigenvalue weighted by molar-refractivity contribution is 6.20. The first-order chi connectivity index (χ1) is 22.6. The third-order valence-corrected chi connectivity index (χ3v) is 10.0. The van der Waals surface area contributed by atoms with E-state index >= 15 is 0 Å². The van der Waals surface area contributed by atoms with Gasteiger partial charge in [0.05, 0.1) is 16.7 Å². The maximum atomic E-state index is 2.54. The van der Waals surface area contributed by atoms with Gasteiger partial charge in [0.1, 0.15) is 0 Å². The molecule has 1 nitrogen and oxygen atoms in total. The molecular formula is C45H33N. The molecule has 0 spiro atoms. The largest absolute Gasteiger partial charge is 0.309 e. The Balaban J connectivity index is 1.58. The van der Waals surface area contributed by atoms with E-state index in [2.05, 4.69) is 182 Å². The van der Waals surface area contributed by atoms with E-state index in [-0.39, 0.29) is 5.41 Å². The molecule has 0 aliphatic heterocycles. The Morgan fingerprint density at radius 2 is 0.935 bits per heavy atom. The number of hydrogen-bond acceptors (Lipinski definition) is 0. The van der Waals surface area contributed by atoms with E-state index in [1.54, 1.807) is 0 Å². The Bertz CT molecular complexity index is 2550. The molecule has 0 unspecified atom stereocenters. The molecule has 218 valence electrons. The van der Waals surface area contributed by atoms with Crippen LogP contribution < -0.4 is 0 Å². The summed E-state index contributed by atoms with van der Waals surface area (Å²) in [5.41, 5.74) is 11.3. The SMILES string of the molecule is CC1(C)c2ccccc2-c2c(-n3c4ccccc4c4ccccc4c4ccccc4c4cc(-c5ccccc5)ccc43)cccc21. The van der Waals surface area contributed by atoms with Gasteiger partial charge in [0.15, 0.2) is 0 Å². The van der Waals surface area contributed by atoms with Crippen molar-refractivity contribution in [3.05, 3.63) is 175 Å². The first kappa shape index (κ1) is 26.7. The van der Waals surface area contributed by atoms with E-state index in [0.29, 0.717) is 0 Å². The first-order valence-electron chi connectivity index (χ1n) is 16.1. The molecule has 9 rings (SSSR count). The highest BCUT2D eigenvalue weighted by Crippen LogP contribution is 2.51. The van der Waals surface area contributed by atoms with Gasteiger partial charge in [0.25, 0.3) is 0 Å². The normalized spacial score (nSPS) is 13.2. The highest BCUT2D eigenvalue weighted by atomic mass is 15.0. The second-order valence-corrected chi connectivity index (χ2v) is 12.9. The van der Waals surface area contributed by atoms with Crippen LogP contribution in [0.5, 0.6) is 0 Å².